The molecular weight excluding hydrogens is 309 g/mol. The number of hydrogen-bond acceptors (Lipinski definition) is 3. The van der Waals surface area contributed by atoms with E-state index in [-0.39, 0.29) is 0 Å². The number of benzene rings is 1. The van der Waals surface area contributed by atoms with E-state index < -0.39 is 0 Å². The summed E-state index contributed by atoms with van der Waals surface area (Å²) in [7, 11) is 0. The van der Waals surface area contributed by atoms with Crippen molar-refractivity contribution in [1.82, 2.24) is 0 Å². The second-order valence-electron chi connectivity index (χ2n) is 2.87. The van der Waals surface area contributed by atoms with Crippen LogP contribution < -0.4 is 10.5 Å². The molecule has 2 nitrogen and oxygen atoms in total. The van der Waals surface area contributed by atoms with Crippen LogP contribution in [0.2, 0.25) is 0 Å². The third-order valence-electron chi connectivity index (χ3n) is 1.97. The minimum absolute atomic E-state index is 0.648. The molecule has 0 saturated carbocycles. The molecule has 0 spiro atoms. The van der Waals surface area contributed by atoms with Crippen molar-refractivity contribution >= 4 is 49.7 Å². The maximum atomic E-state index is 5.88. The fraction of sp³-hybridized carbons (Fsp3) is 0.200. The van der Waals surface area contributed by atoms with Crippen LogP contribution in [0.4, 0.5) is 5.69 Å². The molecule has 0 bridgehead atoms. The highest BCUT2D eigenvalue weighted by Gasteiger charge is 2.10. The molecule has 14 heavy (non-hydrogen) atoms. The van der Waals surface area contributed by atoms with Gasteiger partial charge in [-0.05, 0) is 41.6 Å². The van der Waals surface area contributed by atoms with Crippen LogP contribution in [-0.4, -0.2) is 6.61 Å². The van der Waals surface area contributed by atoms with Gasteiger partial charge in [-0.25, -0.2) is 0 Å². The Balaban J connectivity index is 2.73. The number of anilines is 1. The van der Waals surface area contributed by atoms with E-state index in [9.17, 15) is 0 Å². The van der Waals surface area contributed by atoms with Crippen molar-refractivity contribution in [1.29, 1.82) is 0 Å². The van der Waals surface area contributed by atoms with Gasteiger partial charge in [-0.1, -0.05) is 0 Å². The molecule has 0 saturated heterocycles. The number of halogens is 1. The number of ether oxygens (including phenoxy) is 1. The standard InChI is InChI=1S/C10H10INOS/c1-2-13-10-7(12)3-4-8-9(10)6(11)5-14-8/h3-5H,2,12H2,1H3. The normalized spacial score (nSPS) is 10.7. The van der Waals surface area contributed by atoms with Crippen LogP contribution in [0.15, 0.2) is 17.5 Å². The first-order valence-electron chi connectivity index (χ1n) is 4.32. The molecule has 1 aromatic heterocycles. The lowest BCUT2D eigenvalue weighted by Crippen LogP contribution is -1.97. The lowest BCUT2D eigenvalue weighted by molar-refractivity contribution is 0.346. The summed E-state index contributed by atoms with van der Waals surface area (Å²) in [6.07, 6.45) is 0. The summed E-state index contributed by atoms with van der Waals surface area (Å²) in [6, 6.07) is 3.94. The highest BCUT2D eigenvalue weighted by Crippen LogP contribution is 2.38. The Morgan fingerprint density at radius 3 is 3.00 bits per heavy atom. The number of hydrogen-bond donors (Lipinski definition) is 1. The van der Waals surface area contributed by atoms with Gasteiger partial charge in [0.2, 0.25) is 0 Å². The molecule has 0 atom stereocenters. The highest BCUT2D eigenvalue weighted by atomic mass is 127. The molecule has 0 radical (unpaired) electrons. The molecule has 0 aliphatic carbocycles. The summed E-state index contributed by atoms with van der Waals surface area (Å²) >= 11 is 4.03. The summed E-state index contributed by atoms with van der Waals surface area (Å²) in [6.45, 7) is 2.62. The Morgan fingerprint density at radius 1 is 1.50 bits per heavy atom. The first-order valence-corrected chi connectivity index (χ1v) is 6.28. The van der Waals surface area contributed by atoms with E-state index in [0.29, 0.717) is 6.61 Å². The summed E-state index contributed by atoms with van der Waals surface area (Å²) < 4.78 is 8.00. The molecular formula is C10H10INOS. The number of nitrogen functional groups attached to an aromatic ring is 1. The minimum Gasteiger partial charge on any atom is -0.491 e. The summed E-state index contributed by atoms with van der Waals surface area (Å²) in [5.74, 6) is 0.829. The van der Waals surface area contributed by atoms with Gasteiger partial charge in [0, 0.05) is 13.7 Å². The molecule has 2 N–H and O–H groups in total. The number of thiophene rings is 1. The second kappa shape index (κ2) is 3.94. The Kier molecular flexibility index (Phi) is 2.83. The summed E-state index contributed by atoms with van der Waals surface area (Å²) in [5.41, 5.74) is 6.60. The van der Waals surface area contributed by atoms with Crippen molar-refractivity contribution in [2.24, 2.45) is 0 Å². The van der Waals surface area contributed by atoms with Crippen molar-refractivity contribution < 1.29 is 4.74 Å². The zero-order chi connectivity index (χ0) is 10.1. The zero-order valence-electron chi connectivity index (χ0n) is 7.71. The second-order valence-corrected chi connectivity index (χ2v) is 4.95. The summed E-state index contributed by atoms with van der Waals surface area (Å²) in [5, 5.41) is 3.27. The monoisotopic (exact) mass is 319 g/mol. The Hall–Kier alpha value is -0.490. The third kappa shape index (κ3) is 1.56. The fourth-order valence-corrected chi connectivity index (χ4v) is 3.29. The quantitative estimate of drug-likeness (QED) is 0.679. The van der Waals surface area contributed by atoms with Crippen LogP contribution >= 0.6 is 33.9 Å². The molecule has 1 aromatic carbocycles. The minimum atomic E-state index is 0.648. The van der Waals surface area contributed by atoms with E-state index >= 15 is 0 Å². The zero-order valence-corrected chi connectivity index (χ0v) is 10.7. The van der Waals surface area contributed by atoms with E-state index in [4.69, 9.17) is 10.5 Å². The maximum absolute atomic E-state index is 5.88. The predicted octanol–water partition coefficient (Wildman–Crippen LogP) is 3.49. The number of nitrogens with two attached hydrogens (primary N) is 1. The molecule has 2 rings (SSSR count). The van der Waals surface area contributed by atoms with Gasteiger partial charge < -0.3 is 10.5 Å². The van der Waals surface area contributed by atoms with Gasteiger partial charge in [0.15, 0.2) is 5.75 Å². The average molecular weight is 319 g/mol. The van der Waals surface area contributed by atoms with Crippen molar-refractivity contribution in [3.63, 3.8) is 0 Å². The molecule has 0 unspecified atom stereocenters. The lowest BCUT2D eigenvalue weighted by Gasteiger charge is -2.08. The third-order valence-corrected chi connectivity index (χ3v) is 4.19. The highest BCUT2D eigenvalue weighted by molar-refractivity contribution is 14.1. The Bertz CT molecular complexity index is 466. The maximum Gasteiger partial charge on any atom is 0.151 e. The van der Waals surface area contributed by atoms with Crippen LogP contribution in [0.3, 0.4) is 0 Å². The number of rotatable bonds is 2. The Morgan fingerprint density at radius 2 is 2.29 bits per heavy atom. The Labute approximate surface area is 100 Å². The molecule has 4 heteroatoms. The van der Waals surface area contributed by atoms with Gasteiger partial charge >= 0.3 is 0 Å². The van der Waals surface area contributed by atoms with E-state index in [0.717, 1.165) is 16.8 Å². The van der Waals surface area contributed by atoms with E-state index in [1.165, 1.54) is 8.27 Å². The van der Waals surface area contributed by atoms with Crippen molar-refractivity contribution in [2.45, 2.75) is 6.92 Å². The SMILES string of the molecule is CCOc1c(N)ccc2scc(I)c12. The van der Waals surface area contributed by atoms with Gasteiger partial charge in [-0.2, -0.15) is 0 Å². The molecule has 0 aliphatic heterocycles. The predicted molar refractivity (Wildman–Crippen MR) is 70.1 cm³/mol. The first kappa shape index (κ1) is 10.0. The molecule has 74 valence electrons. The van der Waals surface area contributed by atoms with Crippen LogP contribution in [0.25, 0.3) is 10.1 Å². The van der Waals surface area contributed by atoms with Gasteiger partial charge in [0.25, 0.3) is 0 Å². The van der Waals surface area contributed by atoms with Crippen molar-refractivity contribution in [3.8, 4) is 5.75 Å². The molecule has 0 fully saturated rings. The molecule has 1 heterocycles. The molecule has 0 amide bonds. The van der Waals surface area contributed by atoms with E-state index in [1.54, 1.807) is 11.3 Å². The van der Waals surface area contributed by atoms with Crippen molar-refractivity contribution in [3.05, 3.63) is 21.1 Å². The van der Waals surface area contributed by atoms with Gasteiger partial charge in [0.1, 0.15) is 0 Å². The smallest absolute Gasteiger partial charge is 0.151 e. The van der Waals surface area contributed by atoms with Crippen LogP contribution in [-0.2, 0) is 0 Å². The van der Waals surface area contributed by atoms with Crippen LogP contribution in [0.1, 0.15) is 6.92 Å². The largest absolute Gasteiger partial charge is 0.491 e. The van der Waals surface area contributed by atoms with Gasteiger partial charge in [0.05, 0.1) is 17.7 Å². The van der Waals surface area contributed by atoms with E-state index in [2.05, 4.69) is 28.0 Å². The lowest BCUT2D eigenvalue weighted by atomic mass is 10.2. The van der Waals surface area contributed by atoms with Gasteiger partial charge in [-0.3, -0.25) is 0 Å². The van der Waals surface area contributed by atoms with Crippen LogP contribution in [0, 0.1) is 3.57 Å². The van der Waals surface area contributed by atoms with Crippen molar-refractivity contribution in [2.75, 3.05) is 12.3 Å². The number of fused-ring (bicyclic) bond motifs is 1. The molecule has 2 aromatic rings. The first-order chi connectivity index (χ1) is 6.74. The fourth-order valence-electron chi connectivity index (χ4n) is 1.38. The van der Waals surface area contributed by atoms with Crippen LogP contribution in [0.5, 0.6) is 5.75 Å². The van der Waals surface area contributed by atoms with E-state index in [1.807, 2.05) is 19.1 Å². The van der Waals surface area contributed by atoms with Gasteiger partial charge in [-0.15, -0.1) is 11.3 Å². The topological polar surface area (TPSA) is 35.2 Å². The average Bonchev–Trinajstić information content (AvgIpc) is 2.53. The molecule has 0 aliphatic rings. The summed E-state index contributed by atoms with van der Waals surface area (Å²) in [4.78, 5) is 0.